The number of nitrogens with zero attached hydrogens (tertiary/aromatic N) is 1. The van der Waals surface area contributed by atoms with Crippen LogP contribution in [0.25, 0.3) is 11.0 Å². The van der Waals surface area contributed by atoms with Gasteiger partial charge in [0, 0.05) is 0 Å². The fraction of sp³-hybridized carbons (Fsp3) is 0.364. The van der Waals surface area contributed by atoms with Gasteiger partial charge in [-0.1, -0.05) is 19.1 Å². The van der Waals surface area contributed by atoms with E-state index in [0.717, 1.165) is 23.3 Å². The summed E-state index contributed by atoms with van der Waals surface area (Å²) in [5.74, 6) is 0.862. The lowest BCUT2D eigenvalue weighted by molar-refractivity contribution is 0.451. The topological polar surface area (TPSA) is 54.7 Å². The van der Waals surface area contributed by atoms with Crippen molar-refractivity contribution in [2.24, 2.45) is 5.73 Å². The first kappa shape index (κ1) is 9.21. The second kappa shape index (κ2) is 3.10. The van der Waals surface area contributed by atoms with Crippen LogP contribution in [0.1, 0.15) is 26.1 Å². The zero-order valence-electron chi connectivity index (χ0n) is 8.54. The number of fused-ring (bicyclic) bond motifs is 1. The minimum Gasteiger partial charge on any atom is -0.340 e. The molecule has 0 saturated heterocycles. The van der Waals surface area contributed by atoms with Crippen LogP contribution in [-0.2, 0) is 5.54 Å². The largest absolute Gasteiger partial charge is 0.340 e. The highest BCUT2D eigenvalue weighted by atomic mass is 15.0. The van der Waals surface area contributed by atoms with Gasteiger partial charge in [0.25, 0.3) is 0 Å². The Kier molecular flexibility index (Phi) is 2.04. The van der Waals surface area contributed by atoms with Crippen LogP contribution in [-0.4, -0.2) is 9.97 Å². The van der Waals surface area contributed by atoms with Crippen molar-refractivity contribution in [2.45, 2.75) is 25.8 Å². The molecule has 2 rings (SSSR count). The first-order chi connectivity index (χ1) is 6.63. The molecule has 2 aromatic rings. The van der Waals surface area contributed by atoms with Crippen LogP contribution in [0, 0.1) is 0 Å². The van der Waals surface area contributed by atoms with E-state index in [-0.39, 0.29) is 5.54 Å². The Morgan fingerprint density at radius 1 is 1.43 bits per heavy atom. The summed E-state index contributed by atoms with van der Waals surface area (Å²) in [4.78, 5) is 7.73. The number of benzene rings is 1. The number of aromatic nitrogens is 2. The summed E-state index contributed by atoms with van der Waals surface area (Å²) in [6.07, 6.45) is 0.868. The van der Waals surface area contributed by atoms with E-state index in [1.54, 1.807) is 0 Å². The maximum Gasteiger partial charge on any atom is 0.127 e. The highest BCUT2D eigenvalue weighted by Crippen LogP contribution is 2.21. The van der Waals surface area contributed by atoms with Gasteiger partial charge in [-0.3, -0.25) is 0 Å². The van der Waals surface area contributed by atoms with Crippen LogP contribution in [0.4, 0.5) is 0 Å². The second-order valence-corrected chi connectivity index (χ2v) is 3.87. The van der Waals surface area contributed by atoms with Gasteiger partial charge in [0.1, 0.15) is 5.82 Å². The molecule has 1 heterocycles. The van der Waals surface area contributed by atoms with Crippen LogP contribution < -0.4 is 5.73 Å². The molecule has 0 spiro atoms. The molecule has 0 aliphatic heterocycles. The summed E-state index contributed by atoms with van der Waals surface area (Å²) in [6.45, 7) is 4.05. The molecule has 0 aliphatic carbocycles. The maximum atomic E-state index is 6.11. The Morgan fingerprint density at radius 3 is 2.79 bits per heavy atom. The van der Waals surface area contributed by atoms with Gasteiger partial charge < -0.3 is 10.7 Å². The number of imidazole rings is 1. The van der Waals surface area contributed by atoms with Crippen LogP contribution in [0.5, 0.6) is 0 Å². The second-order valence-electron chi connectivity index (χ2n) is 3.87. The Labute approximate surface area is 83.3 Å². The number of nitrogens with one attached hydrogen (secondary N) is 1. The molecule has 3 N–H and O–H groups in total. The summed E-state index contributed by atoms with van der Waals surface area (Å²) < 4.78 is 0. The predicted molar refractivity (Wildman–Crippen MR) is 57.9 cm³/mol. The normalized spacial score (nSPS) is 15.6. The average Bonchev–Trinajstić information content (AvgIpc) is 2.61. The van der Waals surface area contributed by atoms with Crippen molar-refractivity contribution in [3.63, 3.8) is 0 Å². The molecule has 0 saturated carbocycles. The molecule has 0 radical (unpaired) electrons. The van der Waals surface area contributed by atoms with E-state index in [9.17, 15) is 0 Å². The molecular formula is C11H15N3. The lowest BCUT2D eigenvalue weighted by atomic mass is 10.0. The van der Waals surface area contributed by atoms with Crippen LogP contribution in [0.15, 0.2) is 24.3 Å². The van der Waals surface area contributed by atoms with Gasteiger partial charge in [0.2, 0.25) is 0 Å². The summed E-state index contributed by atoms with van der Waals surface area (Å²) in [5.41, 5.74) is 7.77. The van der Waals surface area contributed by atoms with Gasteiger partial charge in [0.05, 0.1) is 16.6 Å². The van der Waals surface area contributed by atoms with E-state index < -0.39 is 0 Å². The average molecular weight is 189 g/mol. The molecule has 1 aromatic heterocycles. The summed E-state index contributed by atoms with van der Waals surface area (Å²) >= 11 is 0. The zero-order chi connectivity index (χ0) is 10.2. The lowest BCUT2D eigenvalue weighted by Crippen LogP contribution is -2.33. The standard InChI is InChI=1S/C11H15N3/c1-3-11(2,12)10-13-8-6-4-5-7-9(8)14-10/h4-7H,3,12H2,1-2H3,(H,13,14). The molecule has 74 valence electrons. The summed E-state index contributed by atoms with van der Waals surface area (Å²) in [6, 6.07) is 7.97. The minimum absolute atomic E-state index is 0.362. The highest BCUT2D eigenvalue weighted by molar-refractivity contribution is 5.74. The van der Waals surface area contributed by atoms with Crippen LogP contribution in [0.3, 0.4) is 0 Å². The number of rotatable bonds is 2. The molecule has 0 amide bonds. The van der Waals surface area contributed by atoms with Crippen molar-refractivity contribution in [1.82, 2.24) is 9.97 Å². The Balaban J connectivity index is 2.55. The first-order valence-corrected chi connectivity index (χ1v) is 4.87. The highest BCUT2D eigenvalue weighted by Gasteiger charge is 2.22. The first-order valence-electron chi connectivity index (χ1n) is 4.87. The summed E-state index contributed by atoms with van der Waals surface area (Å²) in [5, 5.41) is 0. The van der Waals surface area contributed by atoms with Gasteiger partial charge in [-0.05, 0) is 25.5 Å². The fourth-order valence-corrected chi connectivity index (χ4v) is 1.39. The van der Waals surface area contributed by atoms with E-state index in [1.165, 1.54) is 0 Å². The molecule has 3 heteroatoms. The van der Waals surface area contributed by atoms with Crippen molar-refractivity contribution >= 4 is 11.0 Å². The molecule has 0 aliphatic rings. The third-order valence-electron chi connectivity index (χ3n) is 2.66. The van der Waals surface area contributed by atoms with Crippen LogP contribution >= 0.6 is 0 Å². The Hall–Kier alpha value is -1.35. The van der Waals surface area contributed by atoms with Gasteiger partial charge >= 0.3 is 0 Å². The van der Waals surface area contributed by atoms with Crippen LogP contribution in [0.2, 0.25) is 0 Å². The van der Waals surface area contributed by atoms with Crippen molar-refractivity contribution in [3.8, 4) is 0 Å². The molecule has 3 nitrogen and oxygen atoms in total. The molecule has 0 fully saturated rings. The Bertz CT molecular complexity index is 409. The van der Waals surface area contributed by atoms with E-state index in [0.29, 0.717) is 0 Å². The van der Waals surface area contributed by atoms with E-state index in [2.05, 4.69) is 16.9 Å². The SMILES string of the molecule is CCC(C)(N)c1nc2ccccc2[nH]1. The molecular weight excluding hydrogens is 174 g/mol. The van der Waals surface area contributed by atoms with Gasteiger partial charge in [0.15, 0.2) is 0 Å². The zero-order valence-corrected chi connectivity index (χ0v) is 8.54. The van der Waals surface area contributed by atoms with Crippen molar-refractivity contribution < 1.29 is 0 Å². The van der Waals surface area contributed by atoms with E-state index in [4.69, 9.17) is 5.73 Å². The van der Waals surface area contributed by atoms with E-state index >= 15 is 0 Å². The Morgan fingerprint density at radius 2 is 2.14 bits per heavy atom. The maximum absolute atomic E-state index is 6.11. The minimum atomic E-state index is -0.362. The van der Waals surface area contributed by atoms with Gasteiger partial charge in [-0.15, -0.1) is 0 Å². The number of H-pyrrole nitrogens is 1. The predicted octanol–water partition coefficient (Wildman–Crippen LogP) is 2.15. The third kappa shape index (κ3) is 1.40. The summed E-state index contributed by atoms with van der Waals surface area (Å²) in [7, 11) is 0. The number of nitrogens with two attached hydrogens (primary N) is 1. The third-order valence-corrected chi connectivity index (χ3v) is 2.66. The molecule has 1 unspecified atom stereocenters. The van der Waals surface area contributed by atoms with E-state index in [1.807, 2.05) is 31.2 Å². The van der Waals surface area contributed by atoms with Crippen molar-refractivity contribution in [2.75, 3.05) is 0 Å². The fourth-order valence-electron chi connectivity index (χ4n) is 1.39. The quantitative estimate of drug-likeness (QED) is 0.760. The number of hydrogen-bond acceptors (Lipinski definition) is 2. The molecule has 0 bridgehead atoms. The molecule has 1 atom stereocenters. The lowest BCUT2D eigenvalue weighted by Gasteiger charge is -2.19. The van der Waals surface area contributed by atoms with Gasteiger partial charge in [-0.25, -0.2) is 4.98 Å². The molecule has 1 aromatic carbocycles. The monoisotopic (exact) mass is 189 g/mol. The smallest absolute Gasteiger partial charge is 0.127 e. The number of hydrogen-bond donors (Lipinski definition) is 2. The number of para-hydroxylation sites is 2. The molecule has 14 heavy (non-hydrogen) atoms. The van der Waals surface area contributed by atoms with Gasteiger partial charge in [-0.2, -0.15) is 0 Å². The van der Waals surface area contributed by atoms with Crippen molar-refractivity contribution in [1.29, 1.82) is 0 Å². The van der Waals surface area contributed by atoms with Crippen molar-refractivity contribution in [3.05, 3.63) is 30.1 Å². The number of aromatic amines is 1.